The summed E-state index contributed by atoms with van der Waals surface area (Å²) in [4.78, 5) is 18.0. The Hall–Kier alpha value is -1.92. The summed E-state index contributed by atoms with van der Waals surface area (Å²) in [7, 11) is 0. The molecule has 6 nitrogen and oxygen atoms in total. The number of benzene rings is 1. The minimum Gasteiger partial charge on any atom is -0.369 e. The van der Waals surface area contributed by atoms with Gasteiger partial charge in [0.25, 0.3) is 0 Å². The number of hydrogen-bond donors (Lipinski definition) is 1. The molecule has 3 rings (SSSR count). The van der Waals surface area contributed by atoms with Gasteiger partial charge < -0.3 is 10.3 Å². The number of aromatic nitrogens is 2. The van der Waals surface area contributed by atoms with Crippen LogP contribution in [0.15, 0.2) is 28.8 Å². The molecule has 7 heteroatoms. The van der Waals surface area contributed by atoms with Crippen LogP contribution in [0.2, 0.25) is 5.02 Å². The molecule has 1 saturated heterocycles. The van der Waals surface area contributed by atoms with E-state index in [0.29, 0.717) is 35.9 Å². The zero-order valence-electron chi connectivity index (χ0n) is 12.9. The average Bonchev–Trinajstić information content (AvgIpc) is 2.98. The van der Waals surface area contributed by atoms with Gasteiger partial charge in [-0.3, -0.25) is 9.69 Å². The van der Waals surface area contributed by atoms with Crippen molar-refractivity contribution in [2.45, 2.75) is 32.4 Å². The predicted octanol–water partition coefficient (Wildman–Crippen LogP) is 2.48. The molecule has 0 spiro atoms. The number of likely N-dealkylation sites (tertiary alicyclic amines) is 1. The molecule has 1 fully saturated rings. The molecule has 23 heavy (non-hydrogen) atoms. The van der Waals surface area contributed by atoms with E-state index in [1.807, 2.05) is 12.1 Å². The number of rotatable bonds is 4. The fraction of sp³-hybridized carbons (Fsp3) is 0.438. The summed E-state index contributed by atoms with van der Waals surface area (Å²) >= 11 is 5.98. The molecule has 122 valence electrons. The number of piperidine rings is 1. The average molecular weight is 335 g/mol. The van der Waals surface area contributed by atoms with Crippen LogP contribution in [-0.4, -0.2) is 33.5 Å². The lowest BCUT2D eigenvalue weighted by molar-refractivity contribution is -0.124. The highest BCUT2D eigenvalue weighted by Crippen LogP contribution is 2.24. The van der Waals surface area contributed by atoms with E-state index in [1.165, 1.54) is 0 Å². The van der Waals surface area contributed by atoms with E-state index in [1.54, 1.807) is 12.1 Å². The van der Waals surface area contributed by atoms with Crippen molar-refractivity contribution in [1.82, 2.24) is 15.0 Å². The van der Waals surface area contributed by atoms with Gasteiger partial charge in [0.1, 0.15) is 0 Å². The number of nitrogens with zero attached hydrogens (tertiary/aromatic N) is 3. The van der Waals surface area contributed by atoms with E-state index < -0.39 is 0 Å². The number of amides is 1. The molecule has 0 saturated carbocycles. The monoisotopic (exact) mass is 334 g/mol. The Morgan fingerprint density at radius 2 is 2.30 bits per heavy atom. The molecular formula is C16H19ClN4O2. The first-order valence-corrected chi connectivity index (χ1v) is 8.02. The first-order valence-electron chi connectivity index (χ1n) is 7.65. The van der Waals surface area contributed by atoms with Crippen molar-refractivity contribution in [2.75, 3.05) is 6.54 Å². The highest BCUT2D eigenvalue weighted by atomic mass is 35.5. The number of nitrogens with two attached hydrogens (primary N) is 1. The normalized spacial score (nSPS) is 22.2. The predicted molar refractivity (Wildman–Crippen MR) is 86.5 cm³/mol. The van der Waals surface area contributed by atoms with Crippen LogP contribution in [0.5, 0.6) is 0 Å². The second-order valence-corrected chi connectivity index (χ2v) is 6.41. The fourth-order valence-corrected chi connectivity index (χ4v) is 3.06. The number of halogens is 1. The molecule has 0 bridgehead atoms. The quantitative estimate of drug-likeness (QED) is 0.928. The van der Waals surface area contributed by atoms with Crippen molar-refractivity contribution in [1.29, 1.82) is 0 Å². The van der Waals surface area contributed by atoms with Crippen molar-refractivity contribution in [2.24, 2.45) is 11.7 Å². The first kappa shape index (κ1) is 16.0. The van der Waals surface area contributed by atoms with Crippen LogP contribution in [0.3, 0.4) is 0 Å². The molecule has 1 aromatic carbocycles. The third-order valence-corrected chi connectivity index (χ3v) is 4.54. The topological polar surface area (TPSA) is 85.3 Å². The van der Waals surface area contributed by atoms with E-state index in [0.717, 1.165) is 18.4 Å². The highest BCUT2D eigenvalue weighted by molar-refractivity contribution is 6.30. The molecule has 0 unspecified atom stereocenters. The number of carbonyl (C=O) groups is 1. The van der Waals surface area contributed by atoms with Crippen LogP contribution in [0.25, 0.3) is 11.4 Å². The van der Waals surface area contributed by atoms with Crippen LogP contribution >= 0.6 is 11.6 Å². The largest absolute Gasteiger partial charge is 0.369 e. The minimum atomic E-state index is -0.243. The van der Waals surface area contributed by atoms with Crippen molar-refractivity contribution in [3.8, 4) is 11.4 Å². The Balaban J connectivity index is 1.72. The summed E-state index contributed by atoms with van der Waals surface area (Å²) in [5.74, 6) is 0.684. The molecule has 2 aromatic rings. The number of carbonyl (C=O) groups excluding carboxylic acids is 1. The van der Waals surface area contributed by atoms with Gasteiger partial charge in [-0.15, -0.1) is 0 Å². The lowest BCUT2D eigenvalue weighted by Gasteiger charge is -2.35. The van der Waals surface area contributed by atoms with Gasteiger partial charge in [-0.2, -0.15) is 4.98 Å². The van der Waals surface area contributed by atoms with Gasteiger partial charge in [0.15, 0.2) is 0 Å². The zero-order chi connectivity index (χ0) is 16.4. The van der Waals surface area contributed by atoms with Crippen LogP contribution in [0, 0.1) is 5.92 Å². The van der Waals surface area contributed by atoms with Crippen LogP contribution in [0.1, 0.15) is 25.7 Å². The van der Waals surface area contributed by atoms with Gasteiger partial charge in [0.2, 0.25) is 17.6 Å². The van der Waals surface area contributed by atoms with Crippen molar-refractivity contribution in [3.05, 3.63) is 35.2 Å². The van der Waals surface area contributed by atoms with Crippen LogP contribution < -0.4 is 5.73 Å². The maximum absolute atomic E-state index is 11.4. The van der Waals surface area contributed by atoms with Crippen LogP contribution in [-0.2, 0) is 11.3 Å². The van der Waals surface area contributed by atoms with Crippen LogP contribution in [0.4, 0.5) is 0 Å². The summed E-state index contributed by atoms with van der Waals surface area (Å²) in [5.41, 5.74) is 6.25. The summed E-state index contributed by atoms with van der Waals surface area (Å²) in [5, 5.41) is 4.64. The Kier molecular flexibility index (Phi) is 4.63. The smallest absolute Gasteiger partial charge is 0.241 e. The molecule has 1 amide bonds. The van der Waals surface area contributed by atoms with Gasteiger partial charge in [-0.05, 0) is 31.9 Å². The van der Waals surface area contributed by atoms with Crippen molar-refractivity contribution in [3.63, 3.8) is 0 Å². The van der Waals surface area contributed by atoms with E-state index >= 15 is 0 Å². The molecular weight excluding hydrogens is 316 g/mol. The number of primary amides is 1. The highest BCUT2D eigenvalue weighted by Gasteiger charge is 2.29. The molecule has 0 radical (unpaired) electrons. The Labute approximate surface area is 139 Å². The lowest BCUT2D eigenvalue weighted by atomic mass is 9.93. The molecule has 2 atom stereocenters. The molecule has 1 aromatic heterocycles. The van der Waals surface area contributed by atoms with E-state index in [4.69, 9.17) is 21.9 Å². The number of hydrogen-bond acceptors (Lipinski definition) is 5. The Morgan fingerprint density at radius 3 is 3.04 bits per heavy atom. The maximum atomic E-state index is 11.4. The van der Waals surface area contributed by atoms with Gasteiger partial charge in [-0.1, -0.05) is 28.9 Å². The summed E-state index contributed by atoms with van der Waals surface area (Å²) in [6.07, 6.45) is 1.77. The zero-order valence-corrected chi connectivity index (χ0v) is 13.7. The second kappa shape index (κ2) is 6.68. The fourth-order valence-electron chi connectivity index (χ4n) is 2.87. The van der Waals surface area contributed by atoms with Crippen molar-refractivity contribution < 1.29 is 9.32 Å². The molecule has 1 aliphatic heterocycles. The van der Waals surface area contributed by atoms with Gasteiger partial charge >= 0.3 is 0 Å². The second-order valence-electron chi connectivity index (χ2n) is 5.98. The molecule has 2 N–H and O–H groups in total. The minimum absolute atomic E-state index is 0.110. The van der Waals surface area contributed by atoms with Crippen molar-refractivity contribution >= 4 is 17.5 Å². The molecule has 1 aliphatic rings. The Bertz CT molecular complexity index is 703. The summed E-state index contributed by atoms with van der Waals surface area (Å²) in [6, 6.07) is 7.67. The summed E-state index contributed by atoms with van der Waals surface area (Å²) < 4.78 is 5.34. The van der Waals surface area contributed by atoms with Gasteiger partial charge in [0.05, 0.1) is 12.5 Å². The van der Waals surface area contributed by atoms with Gasteiger partial charge in [0, 0.05) is 23.2 Å². The van der Waals surface area contributed by atoms with Gasteiger partial charge in [-0.25, -0.2) is 0 Å². The first-order chi connectivity index (χ1) is 11.0. The Morgan fingerprint density at radius 1 is 1.48 bits per heavy atom. The summed E-state index contributed by atoms with van der Waals surface area (Å²) in [6.45, 7) is 3.27. The standard InChI is InChI=1S/C16H19ClN4O2/c1-10-5-6-12(15(18)22)8-21(10)9-14-19-16(20-23-14)11-3-2-4-13(17)7-11/h2-4,7,10,12H,5-6,8-9H2,1H3,(H2,18,22)/t10-,12+/m1/s1. The third kappa shape index (κ3) is 3.71. The molecule has 0 aliphatic carbocycles. The van der Waals surface area contributed by atoms with E-state index in [-0.39, 0.29) is 11.8 Å². The lowest BCUT2D eigenvalue weighted by Crippen LogP contribution is -2.45. The molecule has 2 heterocycles. The maximum Gasteiger partial charge on any atom is 0.241 e. The SMILES string of the molecule is C[C@@H]1CC[C@H](C(N)=O)CN1Cc1nc(-c2cccc(Cl)c2)no1. The van der Waals surface area contributed by atoms with E-state index in [9.17, 15) is 4.79 Å². The van der Waals surface area contributed by atoms with E-state index in [2.05, 4.69) is 22.0 Å². The third-order valence-electron chi connectivity index (χ3n) is 4.30.